The van der Waals surface area contributed by atoms with Crippen LogP contribution in [0, 0.1) is 226 Å². The van der Waals surface area contributed by atoms with E-state index in [0.29, 0.717) is 11.8 Å². The van der Waals surface area contributed by atoms with Crippen LogP contribution >= 0.6 is 160 Å². The van der Waals surface area contributed by atoms with Crippen molar-refractivity contribution in [2.24, 2.45) is 0 Å². The Balaban J connectivity index is -0.0000000560. The Bertz CT molecular complexity index is 2820. The average Bonchev–Trinajstić information content (AvgIpc) is 1.10. The zero-order chi connectivity index (χ0) is 63.8. The van der Waals surface area contributed by atoms with Crippen LogP contribution in [0.4, 0.5) is 0 Å². The minimum absolute atomic E-state index is 0. The van der Waals surface area contributed by atoms with Crippen LogP contribution in [-0.4, -0.2) is 44.1 Å². The number of aryl methyl sites for hydroxylation is 2. The van der Waals surface area contributed by atoms with Crippen molar-refractivity contribution in [2.75, 3.05) is 14.2 Å². The van der Waals surface area contributed by atoms with Crippen molar-refractivity contribution in [3.05, 3.63) is 231 Å². The molecule has 22 heteroatoms. The fraction of sp³-hybridized carbons (Fsp3) is 0.395. The van der Waals surface area contributed by atoms with Gasteiger partial charge in [0.15, 0.2) is 0 Å². The summed E-state index contributed by atoms with van der Waals surface area (Å²) in [6.07, 6.45) is 45.5. The Hall–Kier alpha value is 4.64. The molecule has 0 spiro atoms. The molecule has 0 radical (unpaired) electrons. The molecule has 0 bridgehead atoms. The van der Waals surface area contributed by atoms with Crippen molar-refractivity contribution >= 4 is 196 Å². The van der Waals surface area contributed by atoms with Crippen LogP contribution in [-0.2, 0) is 12.8 Å². The molecule has 6 rings (SSSR count). The van der Waals surface area contributed by atoms with Gasteiger partial charge in [-0.3, -0.25) is 14.8 Å². The van der Waals surface area contributed by atoms with E-state index < -0.39 is 0 Å². The summed E-state index contributed by atoms with van der Waals surface area (Å²) >= 11 is 3.21. The molecule has 0 atom stereocenters. The van der Waals surface area contributed by atoms with Gasteiger partial charge in [0.1, 0.15) is 4.60 Å². The van der Waals surface area contributed by atoms with E-state index in [1.54, 1.807) is 32.4 Å². The first kappa shape index (κ1) is 141. The zero-order valence-electron chi connectivity index (χ0n) is 59.4. The van der Waals surface area contributed by atoms with Gasteiger partial charge in [-0.15, -0.1) is 157 Å². The number of halogens is 7. The number of methoxy groups -OCH3 is 2. The van der Waals surface area contributed by atoms with Crippen molar-refractivity contribution in [1.82, 2.24) is 29.9 Å². The first-order valence-corrected chi connectivity index (χ1v) is 31.6. The molecule has 0 aliphatic carbocycles. The van der Waals surface area contributed by atoms with Crippen LogP contribution < -0.4 is 15.0 Å². The standard InChI is InChI=1S/C14H21N.C14H19N.C12H17N.C10H13NO.C9H11NO.C6H6BrNO.C4H8.C3H8.C3H6.CH4.6Ar.6HI/c2*1-3-5-7-10-14-12-8-11-13(15-14)9-6-4-2;1-3-5-8-12-10-6-9-11(13-12)7-4-2;1-3-4-6-9-7-5-8-10(11-9)12-2;1-2-3-5-8-6-4-7-9(11)10-8;1-9-6-4-2-3-5(7)8-6;1-3-4-2;2*1-3-2;;;;;;;;;;;;;/h7-8,10-12H,3-6,9H2,1-2H3;6-12H,3-5H2,1-2H3;5-6,8-10H,3-4,7H2,1-2H3;4-8H,3H2,1-2H3;3-7H,2H2,1H3,(H,10,11);2-4H,1H3;3H,1,4H2,2H3;3H2,1-2H3;3H,1H2,2H3;1H4;;;;;;;6*1H/b10-7+;9-6+,10-7+;8-5+;6-4+;5-3+;;;;;;;;;;;;;;;;;. The number of ether oxygens (including phenoxy) is 2. The first-order chi connectivity index (χ1) is 41.3. The van der Waals surface area contributed by atoms with Crippen molar-refractivity contribution < 1.29 is 236 Å². The van der Waals surface area contributed by atoms with E-state index >= 15 is 0 Å². The first-order valence-electron chi connectivity index (χ1n) is 30.8. The van der Waals surface area contributed by atoms with E-state index in [0.717, 1.165) is 103 Å². The normalized spacial score (nSPS) is 8.81. The van der Waals surface area contributed by atoms with Gasteiger partial charge in [0, 0.05) is 262 Å². The number of aromatic amines is 1. The fourth-order valence-corrected chi connectivity index (χ4v) is 6.46. The molecule has 0 saturated heterocycles. The molecule has 0 fully saturated rings. The SMILES string of the molecule is C.C=CC.C=CCC.CC/C=C/c1cccc(/C=C/CCC)n1.CC/C=C/c1cccc(=O)[nH]1.CC/C=C/c1cccc(CCC)n1.CC/C=C/c1cccc(OC)n1.CCC.CCC/C=C/c1cccc(CCCC)n1.COc1cccc(Br)n1.I.I.I.I.I.I.[Ar].[Ar].[Ar].[Ar].[Ar].[Ar]. The predicted molar refractivity (Wildman–Crippen MR) is 478 cm³/mol. The second kappa shape index (κ2) is 113. The number of H-pyrrole nitrogens is 1. The minimum atomic E-state index is -0.0525. The number of hydrogen-bond donors (Lipinski definition) is 1. The van der Waals surface area contributed by atoms with Gasteiger partial charge in [0.05, 0.1) is 42.7 Å². The third-order valence-corrected chi connectivity index (χ3v) is 10.7. The molecular weight excluding hydrogens is 2130 g/mol. The van der Waals surface area contributed by atoms with Gasteiger partial charge in [-0.05, 0) is 178 Å². The number of nitrogens with zero attached hydrogens (tertiary/aromatic N) is 5. The Morgan fingerprint density at radius 3 is 1.08 bits per heavy atom. The van der Waals surface area contributed by atoms with Crippen molar-refractivity contribution in [3.8, 4) is 11.8 Å². The van der Waals surface area contributed by atoms with Gasteiger partial charge < -0.3 is 14.5 Å². The minimum Gasteiger partial charge on any atom is -0.481 e. The zero-order valence-corrected chi connectivity index (χ0v) is 79.2. The van der Waals surface area contributed by atoms with Gasteiger partial charge in [-0.25, -0.2) is 15.0 Å². The molecule has 0 aromatic carbocycles. The second-order valence-corrected chi connectivity index (χ2v) is 19.3. The molecule has 6 aromatic heterocycles. The van der Waals surface area contributed by atoms with Crippen LogP contribution in [0.2, 0.25) is 0 Å². The molecule has 0 unspecified atom stereocenters. The third-order valence-electron chi connectivity index (χ3n) is 10.3. The number of allylic oxidation sites excluding steroid dienone is 8. The number of aromatic nitrogens is 6. The number of nitrogens with one attached hydrogen (secondary N) is 1. The summed E-state index contributed by atoms with van der Waals surface area (Å²) in [7, 11) is 3.21. The summed E-state index contributed by atoms with van der Waals surface area (Å²) < 4.78 is 10.6. The molecule has 0 aliphatic rings. The van der Waals surface area contributed by atoms with Gasteiger partial charge in [0.25, 0.3) is 0 Å². The van der Waals surface area contributed by atoms with Crippen molar-refractivity contribution in [2.45, 2.75) is 187 Å². The number of rotatable bonds is 22. The number of hydrogen-bond acceptors (Lipinski definition) is 8. The molecule has 98 heavy (non-hydrogen) atoms. The quantitative estimate of drug-likeness (QED) is 0.0406. The van der Waals surface area contributed by atoms with Crippen LogP contribution in [0.1, 0.15) is 220 Å². The van der Waals surface area contributed by atoms with Crippen molar-refractivity contribution in [1.29, 1.82) is 0 Å². The summed E-state index contributed by atoms with van der Waals surface area (Å²) in [6.45, 7) is 32.2. The van der Waals surface area contributed by atoms with E-state index in [9.17, 15) is 4.79 Å². The Labute approximate surface area is 888 Å². The van der Waals surface area contributed by atoms with E-state index in [2.05, 4.69) is 220 Å². The summed E-state index contributed by atoms with van der Waals surface area (Å²) in [5.74, 6) is 1.29. The molecular formula is C76H119Ar6BrI6N6O3. The molecule has 6 heterocycles. The number of pyridine rings is 6. The second-order valence-electron chi connectivity index (χ2n) is 18.5. The van der Waals surface area contributed by atoms with E-state index in [-0.39, 0.29) is 383 Å². The van der Waals surface area contributed by atoms with Crippen LogP contribution in [0.15, 0.2) is 180 Å². The molecule has 6 aromatic rings. The summed E-state index contributed by atoms with van der Waals surface area (Å²) in [4.78, 5) is 35.3. The summed E-state index contributed by atoms with van der Waals surface area (Å²) in [5.41, 5.74) is 8.41. The maximum absolute atomic E-state index is 10.8. The molecule has 0 saturated carbocycles. The molecule has 1 N–H and O–H groups in total. The molecule has 0 amide bonds. The maximum atomic E-state index is 10.8. The van der Waals surface area contributed by atoms with Gasteiger partial charge in [0.2, 0.25) is 17.3 Å². The Morgan fingerprint density at radius 2 is 0.745 bits per heavy atom. The van der Waals surface area contributed by atoms with E-state index in [1.165, 1.54) is 49.6 Å². The van der Waals surface area contributed by atoms with Crippen LogP contribution in [0.3, 0.4) is 0 Å². The summed E-state index contributed by atoms with van der Waals surface area (Å²) in [6, 6.07) is 35.0. The van der Waals surface area contributed by atoms with Gasteiger partial charge in [-0.1, -0.05) is 201 Å². The number of unbranched alkanes of at least 4 members (excludes halogenated alkanes) is 3. The molecule has 0 aliphatic heterocycles. The Kier molecular flexibility index (Phi) is 162. The fourth-order valence-electron chi connectivity index (χ4n) is 6.13. The third kappa shape index (κ3) is 94.8. The maximum Gasteiger partial charge on any atom is 0.248 e. The van der Waals surface area contributed by atoms with E-state index in [1.807, 2.05) is 91.9 Å². The largest absolute Gasteiger partial charge is 0.481 e. The Morgan fingerprint density at radius 1 is 0.418 bits per heavy atom. The van der Waals surface area contributed by atoms with Gasteiger partial charge >= 0.3 is 0 Å². The predicted octanol–water partition coefficient (Wildman–Crippen LogP) is 26.7. The van der Waals surface area contributed by atoms with Crippen LogP contribution in [0.25, 0.3) is 36.5 Å². The average molecular weight is 2250 g/mol. The van der Waals surface area contributed by atoms with Gasteiger partial charge in [-0.2, -0.15) is 0 Å². The van der Waals surface area contributed by atoms with E-state index in [4.69, 9.17) is 9.47 Å². The smallest absolute Gasteiger partial charge is 0.248 e. The topological polar surface area (TPSA) is 116 Å². The monoisotopic (exact) mass is 2240 g/mol. The molecule has 568 valence electrons. The molecule has 9 nitrogen and oxygen atoms in total. The van der Waals surface area contributed by atoms with Crippen molar-refractivity contribution in [3.63, 3.8) is 0 Å². The van der Waals surface area contributed by atoms with Crippen LogP contribution in [0.5, 0.6) is 11.8 Å². The summed E-state index contributed by atoms with van der Waals surface area (Å²) in [5, 5.41) is 0.